The second kappa shape index (κ2) is 5.10. The third-order valence-electron chi connectivity index (χ3n) is 3.58. The lowest BCUT2D eigenvalue weighted by Crippen LogP contribution is -2.38. The molecule has 19 heavy (non-hydrogen) atoms. The molecule has 0 radical (unpaired) electrons. The topological polar surface area (TPSA) is 26.0 Å². The van der Waals surface area contributed by atoms with E-state index in [1.165, 1.54) is 24.3 Å². The van der Waals surface area contributed by atoms with Gasteiger partial charge in [-0.15, -0.1) is 0 Å². The molecule has 0 heterocycles. The lowest BCUT2D eigenvalue weighted by atomic mass is 9.79. The van der Waals surface area contributed by atoms with E-state index in [4.69, 9.17) is 5.73 Å². The van der Waals surface area contributed by atoms with Crippen molar-refractivity contribution in [3.05, 3.63) is 70.8 Å². The van der Waals surface area contributed by atoms with Gasteiger partial charge in [0, 0.05) is 0 Å². The fourth-order valence-corrected chi connectivity index (χ4v) is 2.39. The van der Waals surface area contributed by atoms with Crippen LogP contribution in [0.2, 0.25) is 0 Å². The van der Waals surface area contributed by atoms with Crippen LogP contribution in [0.1, 0.15) is 30.0 Å². The van der Waals surface area contributed by atoms with Crippen molar-refractivity contribution in [1.82, 2.24) is 0 Å². The third kappa shape index (κ3) is 2.51. The minimum atomic E-state index is -0.881. The van der Waals surface area contributed by atoms with E-state index in [1.54, 1.807) is 18.2 Å². The van der Waals surface area contributed by atoms with Gasteiger partial charge in [-0.3, -0.25) is 0 Å². The van der Waals surface area contributed by atoms with Gasteiger partial charge in [0.25, 0.3) is 0 Å². The predicted molar refractivity (Wildman–Crippen MR) is 72.8 cm³/mol. The first-order valence-electron chi connectivity index (χ1n) is 6.29. The van der Waals surface area contributed by atoms with Gasteiger partial charge in [0.15, 0.2) is 0 Å². The molecular weight excluding hydrogens is 244 g/mol. The van der Waals surface area contributed by atoms with Crippen LogP contribution < -0.4 is 5.73 Å². The Balaban J connectivity index is 2.62. The molecule has 1 atom stereocenters. The molecule has 2 aromatic carbocycles. The monoisotopic (exact) mass is 261 g/mol. The fraction of sp³-hybridized carbons (Fsp3) is 0.250. The van der Waals surface area contributed by atoms with Crippen molar-refractivity contribution in [3.8, 4) is 0 Å². The molecule has 0 aromatic heterocycles. The Hall–Kier alpha value is -1.74. The lowest BCUT2D eigenvalue weighted by Gasteiger charge is -2.31. The second-order valence-corrected chi connectivity index (χ2v) is 4.79. The first-order valence-corrected chi connectivity index (χ1v) is 6.29. The molecule has 0 aliphatic carbocycles. The predicted octanol–water partition coefficient (Wildman–Crippen LogP) is 3.89. The number of aryl methyl sites for hydroxylation is 1. The van der Waals surface area contributed by atoms with Crippen LogP contribution >= 0.6 is 0 Å². The summed E-state index contributed by atoms with van der Waals surface area (Å²) in [5, 5.41) is 0. The van der Waals surface area contributed by atoms with Crippen LogP contribution in [0.4, 0.5) is 8.78 Å². The summed E-state index contributed by atoms with van der Waals surface area (Å²) in [6.45, 7) is 3.79. The summed E-state index contributed by atoms with van der Waals surface area (Å²) in [6, 6.07) is 10.7. The summed E-state index contributed by atoms with van der Waals surface area (Å²) in [5.74, 6) is -0.671. The van der Waals surface area contributed by atoms with E-state index in [-0.39, 0.29) is 11.6 Å². The Morgan fingerprint density at radius 2 is 1.74 bits per heavy atom. The molecule has 2 N–H and O–H groups in total. The van der Waals surface area contributed by atoms with Crippen LogP contribution in [0.15, 0.2) is 42.5 Å². The van der Waals surface area contributed by atoms with Crippen molar-refractivity contribution in [1.29, 1.82) is 0 Å². The molecule has 0 fully saturated rings. The van der Waals surface area contributed by atoms with Crippen molar-refractivity contribution in [2.75, 3.05) is 0 Å². The van der Waals surface area contributed by atoms with E-state index in [0.29, 0.717) is 17.5 Å². The Kier molecular flexibility index (Phi) is 3.67. The van der Waals surface area contributed by atoms with Gasteiger partial charge < -0.3 is 5.73 Å². The highest BCUT2D eigenvalue weighted by atomic mass is 19.1. The van der Waals surface area contributed by atoms with E-state index < -0.39 is 5.54 Å². The number of hydrogen-bond donors (Lipinski definition) is 1. The highest BCUT2D eigenvalue weighted by molar-refractivity contribution is 5.42. The molecule has 1 unspecified atom stereocenters. The molecule has 0 amide bonds. The van der Waals surface area contributed by atoms with E-state index in [1.807, 2.05) is 13.8 Å². The summed E-state index contributed by atoms with van der Waals surface area (Å²) in [5.41, 5.74) is 7.81. The number of hydrogen-bond acceptors (Lipinski definition) is 1. The van der Waals surface area contributed by atoms with E-state index in [2.05, 4.69) is 0 Å². The van der Waals surface area contributed by atoms with Gasteiger partial charge in [-0.2, -0.15) is 0 Å². The first-order chi connectivity index (χ1) is 8.97. The molecular formula is C16H17F2N. The highest BCUT2D eigenvalue weighted by Crippen LogP contribution is 2.33. The summed E-state index contributed by atoms with van der Waals surface area (Å²) < 4.78 is 26.9. The highest BCUT2D eigenvalue weighted by Gasteiger charge is 2.29. The minimum Gasteiger partial charge on any atom is -0.318 e. The lowest BCUT2D eigenvalue weighted by molar-refractivity contribution is 0.504. The zero-order chi connectivity index (χ0) is 14.0. The molecule has 100 valence electrons. The maximum absolute atomic E-state index is 13.5. The van der Waals surface area contributed by atoms with Crippen LogP contribution in [0.3, 0.4) is 0 Å². The van der Waals surface area contributed by atoms with E-state index >= 15 is 0 Å². The van der Waals surface area contributed by atoms with E-state index in [9.17, 15) is 8.78 Å². The van der Waals surface area contributed by atoms with Gasteiger partial charge in [0.2, 0.25) is 0 Å². The molecule has 0 saturated carbocycles. The van der Waals surface area contributed by atoms with Gasteiger partial charge in [-0.1, -0.05) is 25.1 Å². The molecule has 0 bridgehead atoms. The smallest absolute Gasteiger partial charge is 0.123 e. The maximum atomic E-state index is 13.5. The Labute approximate surface area is 112 Å². The molecule has 1 nitrogen and oxygen atoms in total. The Morgan fingerprint density at radius 1 is 1.05 bits per heavy atom. The van der Waals surface area contributed by atoms with Gasteiger partial charge >= 0.3 is 0 Å². The van der Waals surface area contributed by atoms with Gasteiger partial charge in [-0.05, 0) is 54.3 Å². The summed E-state index contributed by atoms with van der Waals surface area (Å²) >= 11 is 0. The number of halogens is 2. The minimum absolute atomic E-state index is 0.333. The molecule has 0 saturated heterocycles. The molecule has 3 heteroatoms. The Morgan fingerprint density at radius 3 is 2.37 bits per heavy atom. The SMILES string of the molecule is CCC(N)(c1cccc(F)c1)c1cc(F)ccc1C. The quantitative estimate of drug-likeness (QED) is 0.891. The molecule has 0 spiro atoms. The van der Waals surface area contributed by atoms with Crippen LogP contribution in [0.25, 0.3) is 0 Å². The summed E-state index contributed by atoms with van der Waals surface area (Å²) in [7, 11) is 0. The normalized spacial score (nSPS) is 14.2. The molecule has 0 aliphatic heterocycles. The second-order valence-electron chi connectivity index (χ2n) is 4.79. The summed E-state index contributed by atoms with van der Waals surface area (Å²) in [4.78, 5) is 0. The number of rotatable bonds is 3. The van der Waals surface area contributed by atoms with Crippen molar-refractivity contribution in [3.63, 3.8) is 0 Å². The van der Waals surface area contributed by atoms with Crippen LogP contribution in [0.5, 0.6) is 0 Å². The average Bonchev–Trinajstić information content (AvgIpc) is 2.40. The Bertz CT molecular complexity index is 595. The van der Waals surface area contributed by atoms with Gasteiger partial charge in [0.1, 0.15) is 11.6 Å². The van der Waals surface area contributed by atoms with Crippen LogP contribution in [-0.4, -0.2) is 0 Å². The molecule has 2 rings (SSSR count). The van der Waals surface area contributed by atoms with Crippen molar-refractivity contribution >= 4 is 0 Å². The van der Waals surface area contributed by atoms with Crippen LogP contribution in [-0.2, 0) is 5.54 Å². The van der Waals surface area contributed by atoms with Gasteiger partial charge in [-0.25, -0.2) is 8.78 Å². The van der Waals surface area contributed by atoms with Crippen molar-refractivity contribution < 1.29 is 8.78 Å². The zero-order valence-corrected chi connectivity index (χ0v) is 11.1. The zero-order valence-electron chi connectivity index (χ0n) is 11.1. The largest absolute Gasteiger partial charge is 0.318 e. The van der Waals surface area contributed by atoms with Crippen molar-refractivity contribution in [2.24, 2.45) is 5.73 Å². The van der Waals surface area contributed by atoms with Crippen molar-refractivity contribution in [2.45, 2.75) is 25.8 Å². The average molecular weight is 261 g/mol. The van der Waals surface area contributed by atoms with Crippen LogP contribution in [0, 0.1) is 18.6 Å². The summed E-state index contributed by atoms with van der Waals surface area (Å²) in [6.07, 6.45) is 0.556. The molecule has 2 aromatic rings. The number of benzene rings is 2. The maximum Gasteiger partial charge on any atom is 0.123 e. The first kappa shape index (κ1) is 13.7. The number of nitrogens with two attached hydrogens (primary N) is 1. The van der Waals surface area contributed by atoms with Gasteiger partial charge in [0.05, 0.1) is 5.54 Å². The molecule has 0 aliphatic rings. The fourth-order valence-electron chi connectivity index (χ4n) is 2.39. The standard InChI is InChI=1S/C16H17F2N/c1-3-16(19,12-5-4-6-13(17)9-12)15-10-14(18)8-7-11(15)2/h4-10H,3,19H2,1-2H3. The third-order valence-corrected chi connectivity index (χ3v) is 3.58. The van der Waals surface area contributed by atoms with E-state index in [0.717, 1.165) is 5.56 Å².